The second kappa shape index (κ2) is 3.87. The second-order valence-corrected chi connectivity index (χ2v) is 2.02. The summed E-state index contributed by atoms with van der Waals surface area (Å²) in [7, 11) is 3.65. The molecule has 0 saturated heterocycles. The number of likely N-dealkylation sites (N-methyl/N-ethyl adjacent to an activating group) is 1. The van der Waals surface area contributed by atoms with E-state index in [4.69, 9.17) is 4.74 Å². The minimum atomic E-state index is 0. The lowest BCUT2D eigenvalue weighted by Crippen LogP contribution is -2.33. The second-order valence-electron chi connectivity index (χ2n) is 2.02. The van der Waals surface area contributed by atoms with Crippen LogP contribution in [0.2, 0.25) is 0 Å². The van der Waals surface area contributed by atoms with E-state index in [2.05, 4.69) is 12.2 Å². The van der Waals surface area contributed by atoms with Crippen molar-refractivity contribution in [3.8, 4) is 0 Å². The van der Waals surface area contributed by atoms with E-state index in [0.717, 1.165) is 0 Å². The van der Waals surface area contributed by atoms with Gasteiger partial charge in [-0.25, -0.2) is 0 Å². The van der Waals surface area contributed by atoms with Crippen LogP contribution in [0, 0.1) is 0 Å². The number of nitrogens with one attached hydrogen (secondary N) is 1. The van der Waals surface area contributed by atoms with Gasteiger partial charge in [-0.1, -0.05) is 0 Å². The summed E-state index contributed by atoms with van der Waals surface area (Å²) < 4.78 is 5.04. The molecule has 0 radical (unpaired) electrons. The van der Waals surface area contributed by atoms with Gasteiger partial charge in [0.1, 0.15) is 0 Å². The van der Waals surface area contributed by atoms with Gasteiger partial charge in [-0.15, -0.1) is 0 Å². The molecule has 2 atom stereocenters. The van der Waals surface area contributed by atoms with Gasteiger partial charge in [0, 0.05) is 14.6 Å². The summed E-state index contributed by atoms with van der Waals surface area (Å²) in [6.07, 6.45) is 0.306. The predicted octanol–water partition coefficient (Wildman–Crippen LogP) is 0.875. The van der Waals surface area contributed by atoms with E-state index >= 15 is 0 Å². The molecule has 0 aromatic carbocycles. The monoisotopic (exact) mass is 119 g/mol. The van der Waals surface area contributed by atoms with E-state index in [-0.39, 0.29) is 1.43 Å². The highest BCUT2D eigenvalue weighted by Crippen LogP contribution is 1.93. The first kappa shape index (κ1) is 7.92. The molecule has 0 amide bonds. The van der Waals surface area contributed by atoms with Gasteiger partial charge in [0.25, 0.3) is 0 Å². The average molecular weight is 119 g/mol. The molecule has 0 rings (SSSR count). The molecule has 0 bridgehead atoms. The first-order valence-corrected chi connectivity index (χ1v) is 2.92. The molecule has 0 spiro atoms. The van der Waals surface area contributed by atoms with E-state index in [9.17, 15) is 0 Å². The van der Waals surface area contributed by atoms with Crippen LogP contribution in [0.15, 0.2) is 0 Å². The summed E-state index contributed by atoms with van der Waals surface area (Å²) in [5, 5.41) is 3.09. The fourth-order valence-corrected chi connectivity index (χ4v) is 0.439. The van der Waals surface area contributed by atoms with Crippen molar-refractivity contribution < 1.29 is 6.16 Å². The Balaban J connectivity index is 0. The Hall–Kier alpha value is -0.0800. The summed E-state index contributed by atoms with van der Waals surface area (Å²) in [5.74, 6) is 0. The van der Waals surface area contributed by atoms with Crippen LogP contribution in [0.3, 0.4) is 0 Å². The predicted molar refractivity (Wildman–Crippen MR) is 37.1 cm³/mol. The molecule has 1 N–H and O–H groups in total. The van der Waals surface area contributed by atoms with Gasteiger partial charge in [0.05, 0.1) is 6.10 Å². The topological polar surface area (TPSA) is 21.3 Å². The molecule has 0 aromatic rings. The quantitative estimate of drug-likeness (QED) is 0.595. The Morgan fingerprint density at radius 1 is 1.50 bits per heavy atom. The fourth-order valence-electron chi connectivity index (χ4n) is 0.439. The first-order valence-electron chi connectivity index (χ1n) is 2.92. The van der Waals surface area contributed by atoms with Crippen LogP contribution in [0.25, 0.3) is 0 Å². The summed E-state index contributed by atoms with van der Waals surface area (Å²) in [4.78, 5) is 0. The van der Waals surface area contributed by atoms with E-state index < -0.39 is 0 Å². The van der Waals surface area contributed by atoms with Crippen molar-refractivity contribution in [2.75, 3.05) is 14.2 Å². The molecule has 0 aromatic heterocycles. The zero-order valence-electron chi connectivity index (χ0n) is 6.06. The number of methoxy groups -OCH3 is 1. The van der Waals surface area contributed by atoms with Crippen LogP contribution < -0.4 is 5.32 Å². The van der Waals surface area contributed by atoms with Crippen LogP contribution in [0.5, 0.6) is 0 Å². The molecule has 2 unspecified atom stereocenters. The standard InChI is InChI=1S/C6H15NO.H2/c1-5(7-3)6(2)8-4;/h5-7H,1-4H3;1H. The van der Waals surface area contributed by atoms with Crippen molar-refractivity contribution in [2.45, 2.75) is 26.0 Å². The van der Waals surface area contributed by atoms with Gasteiger partial charge in [-0.05, 0) is 20.9 Å². The largest absolute Gasteiger partial charge is 0.380 e. The Morgan fingerprint density at radius 3 is 2.12 bits per heavy atom. The van der Waals surface area contributed by atoms with Gasteiger partial charge in [-0.2, -0.15) is 0 Å². The third-order valence-electron chi connectivity index (χ3n) is 1.53. The average Bonchev–Trinajstić information content (AvgIpc) is 1.84. The maximum absolute atomic E-state index is 5.04. The maximum atomic E-state index is 5.04. The van der Waals surface area contributed by atoms with Gasteiger partial charge in [0.2, 0.25) is 0 Å². The summed E-state index contributed by atoms with van der Waals surface area (Å²) >= 11 is 0. The molecule has 0 heterocycles. The van der Waals surface area contributed by atoms with Crippen LogP contribution in [0.1, 0.15) is 15.3 Å². The lowest BCUT2D eigenvalue weighted by Gasteiger charge is -2.16. The summed E-state index contributed by atoms with van der Waals surface area (Å²) in [6.45, 7) is 4.13. The van der Waals surface area contributed by atoms with E-state index in [1.165, 1.54) is 0 Å². The maximum Gasteiger partial charge on any atom is 0.0693 e. The minimum absolute atomic E-state index is 0. The highest BCUT2D eigenvalue weighted by atomic mass is 16.5. The van der Waals surface area contributed by atoms with Gasteiger partial charge < -0.3 is 10.1 Å². The number of rotatable bonds is 3. The highest BCUT2D eigenvalue weighted by Gasteiger charge is 2.05. The van der Waals surface area contributed by atoms with Gasteiger partial charge in [-0.3, -0.25) is 0 Å². The van der Waals surface area contributed by atoms with Gasteiger partial charge >= 0.3 is 0 Å². The van der Waals surface area contributed by atoms with Gasteiger partial charge in [0.15, 0.2) is 0 Å². The summed E-state index contributed by atoms with van der Waals surface area (Å²) in [5.41, 5.74) is 0. The SMILES string of the molecule is CNC(C)C(C)OC.[HH]. The van der Waals surface area contributed by atoms with Crippen molar-refractivity contribution in [1.82, 2.24) is 5.32 Å². The van der Waals surface area contributed by atoms with E-state index in [0.29, 0.717) is 12.1 Å². The molecule has 0 aliphatic carbocycles. The molecule has 0 saturated carbocycles. The fraction of sp³-hybridized carbons (Fsp3) is 1.00. The lowest BCUT2D eigenvalue weighted by atomic mass is 10.2. The molecule has 52 valence electrons. The minimum Gasteiger partial charge on any atom is -0.380 e. The molecule has 8 heavy (non-hydrogen) atoms. The van der Waals surface area contributed by atoms with Crippen LogP contribution in [0.4, 0.5) is 0 Å². The Kier molecular flexibility index (Phi) is 3.83. The molecule has 2 heteroatoms. The number of ether oxygens (including phenoxy) is 1. The third kappa shape index (κ3) is 2.28. The molecular formula is C6H17NO. The highest BCUT2D eigenvalue weighted by molar-refractivity contribution is 4.63. The Morgan fingerprint density at radius 2 is 2.00 bits per heavy atom. The smallest absolute Gasteiger partial charge is 0.0693 e. The Bertz CT molecular complexity index is 53.0. The third-order valence-corrected chi connectivity index (χ3v) is 1.53. The first-order chi connectivity index (χ1) is 3.72. The molecule has 0 aliphatic rings. The van der Waals surface area contributed by atoms with Crippen molar-refractivity contribution in [3.63, 3.8) is 0 Å². The molecule has 0 fully saturated rings. The number of hydrogen-bond acceptors (Lipinski definition) is 2. The van der Waals surface area contributed by atoms with E-state index in [1.54, 1.807) is 7.11 Å². The van der Waals surface area contributed by atoms with Crippen LogP contribution in [-0.4, -0.2) is 26.3 Å². The Labute approximate surface area is 52.7 Å². The molecule has 2 nitrogen and oxygen atoms in total. The van der Waals surface area contributed by atoms with Crippen LogP contribution in [-0.2, 0) is 4.74 Å². The molecular weight excluding hydrogens is 102 g/mol. The zero-order chi connectivity index (χ0) is 6.57. The van der Waals surface area contributed by atoms with E-state index in [1.807, 2.05) is 14.0 Å². The normalized spacial score (nSPS) is 18.0. The number of hydrogen-bond donors (Lipinski definition) is 1. The zero-order valence-corrected chi connectivity index (χ0v) is 6.06. The molecule has 0 aliphatic heterocycles. The van der Waals surface area contributed by atoms with Crippen molar-refractivity contribution in [1.29, 1.82) is 0 Å². The van der Waals surface area contributed by atoms with Crippen molar-refractivity contribution in [3.05, 3.63) is 0 Å². The summed E-state index contributed by atoms with van der Waals surface area (Å²) in [6, 6.07) is 0.444. The van der Waals surface area contributed by atoms with Crippen molar-refractivity contribution in [2.24, 2.45) is 0 Å². The van der Waals surface area contributed by atoms with Crippen molar-refractivity contribution >= 4 is 0 Å². The lowest BCUT2D eigenvalue weighted by molar-refractivity contribution is 0.0914. The van der Waals surface area contributed by atoms with Crippen LogP contribution >= 0.6 is 0 Å².